The number of rotatable bonds is 9. The first-order valence-corrected chi connectivity index (χ1v) is 7.78. The number of carbonyl (C=O) groups is 1. The van der Waals surface area contributed by atoms with E-state index in [1.54, 1.807) is 0 Å². The second kappa shape index (κ2) is 9.40. The lowest BCUT2D eigenvalue weighted by Crippen LogP contribution is -2.41. The molecule has 1 aromatic rings. The Kier molecular flexibility index (Phi) is 7.83. The molecule has 0 saturated heterocycles. The monoisotopic (exact) mass is 292 g/mol. The Bertz CT molecular complexity index is 415. The maximum absolute atomic E-state index is 11.7. The molecule has 0 radical (unpaired) electrons. The van der Waals surface area contributed by atoms with E-state index < -0.39 is 0 Å². The molecule has 3 N–H and O–H groups in total. The first-order chi connectivity index (χ1) is 10.0. The third kappa shape index (κ3) is 7.14. The Hall–Kier alpha value is -1.55. The maximum Gasteiger partial charge on any atom is 0.236 e. The van der Waals surface area contributed by atoms with E-state index in [2.05, 4.69) is 19.2 Å². The van der Waals surface area contributed by atoms with Crippen LogP contribution in [-0.4, -0.2) is 25.1 Å². The highest BCUT2D eigenvalue weighted by Crippen LogP contribution is 2.13. The summed E-state index contributed by atoms with van der Waals surface area (Å²) in [5, 5.41) is 2.88. The number of nitrogens with one attached hydrogen (secondary N) is 1. The minimum Gasteiger partial charge on any atom is -0.493 e. The van der Waals surface area contributed by atoms with Gasteiger partial charge in [0.05, 0.1) is 12.6 Å². The van der Waals surface area contributed by atoms with Crippen LogP contribution in [-0.2, 0) is 11.2 Å². The highest BCUT2D eigenvalue weighted by Gasteiger charge is 2.10. The van der Waals surface area contributed by atoms with Gasteiger partial charge in [0.2, 0.25) is 5.91 Å². The first-order valence-electron chi connectivity index (χ1n) is 7.78. The molecule has 0 fully saturated rings. The van der Waals surface area contributed by atoms with Gasteiger partial charge in [-0.3, -0.25) is 4.79 Å². The van der Waals surface area contributed by atoms with Gasteiger partial charge in [0.1, 0.15) is 5.75 Å². The molecule has 118 valence electrons. The van der Waals surface area contributed by atoms with Crippen molar-refractivity contribution in [1.29, 1.82) is 0 Å². The summed E-state index contributed by atoms with van der Waals surface area (Å²) in [6, 6.07) is 7.63. The van der Waals surface area contributed by atoms with Gasteiger partial charge < -0.3 is 15.8 Å². The molecule has 1 rings (SSSR count). The standard InChI is InChI=1S/C17H28N2O2/c1-4-5-16(18)17(20)19-11-10-14-6-8-15(9-7-14)21-12-13(2)3/h6-9,13,16H,4-5,10-12,18H2,1-3H3,(H,19,20). The molecule has 0 aliphatic heterocycles. The molecule has 0 saturated carbocycles. The van der Waals surface area contributed by atoms with Crippen molar-refractivity contribution in [3.05, 3.63) is 29.8 Å². The molecule has 4 heteroatoms. The molecular formula is C17H28N2O2. The summed E-state index contributed by atoms with van der Waals surface area (Å²) in [7, 11) is 0. The van der Waals surface area contributed by atoms with E-state index in [-0.39, 0.29) is 11.9 Å². The topological polar surface area (TPSA) is 64.4 Å². The fourth-order valence-corrected chi connectivity index (χ4v) is 1.92. The average Bonchev–Trinajstić information content (AvgIpc) is 2.46. The van der Waals surface area contributed by atoms with Gasteiger partial charge in [-0.05, 0) is 36.5 Å². The van der Waals surface area contributed by atoms with Gasteiger partial charge in [-0.1, -0.05) is 39.3 Å². The summed E-state index contributed by atoms with van der Waals surface area (Å²) in [5.74, 6) is 1.35. The third-order valence-corrected chi connectivity index (χ3v) is 3.16. The van der Waals surface area contributed by atoms with Gasteiger partial charge in [-0.2, -0.15) is 0 Å². The average molecular weight is 292 g/mol. The molecule has 0 aliphatic carbocycles. The molecule has 4 nitrogen and oxygen atoms in total. The van der Waals surface area contributed by atoms with Crippen LogP contribution in [0.3, 0.4) is 0 Å². The molecule has 0 aliphatic rings. The molecule has 0 spiro atoms. The van der Waals surface area contributed by atoms with Gasteiger partial charge in [0.15, 0.2) is 0 Å². The molecular weight excluding hydrogens is 264 g/mol. The van der Waals surface area contributed by atoms with Gasteiger partial charge in [0, 0.05) is 6.54 Å². The third-order valence-electron chi connectivity index (χ3n) is 3.16. The maximum atomic E-state index is 11.7. The highest BCUT2D eigenvalue weighted by molar-refractivity contribution is 5.81. The Balaban J connectivity index is 2.31. The van der Waals surface area contributed by atoms with Crippen LogP contribution in [0.4, 0.5) is 0 Å². The molecule has 0 aromatic heterocycles. The van der Waals surface area contributed by atoms with Crippen LogP contribution in [0.2, 0.25) is 0 Å². The van der Waals surface area contributed by atoms with Crippen molar-refractivity contribution in [3.63, 3.8) is 0 Å². The predicted octanol–water partition coefficient (Wildman–Crippen LogP) is 2.51. The Morgan fingerprint density at radius 2 is 1.95 bits per heavy atom. The van der Waals surface area contributed by atoms with E-state index >= 15 is 0 Å². The number of hydrogen-bond donors (Lipinski definition) is 2. The summed E-state index contributed by atoms with van der Waals surface area (Å²) in [6.45, 7) is 7.61. The summed E-state index contributed by atoms with van der Waals surface area (Å²) in [4.78, 5) is 11.7. The molecule has 1 aromatic carbocycles. The number of hydrogen-bond acceptors (Lipinski definition) is 3. The fraction of sp³-hybridized carbons (Fsp3) is 0.588. The number of benzene rings is 1. The highest BCUT2D eigenvalue weighted by atomic mass is 16.5. The van der Waals surface area contributed by atoms with Crippen molar-refractivity contribution in [3.8, 4) is 5.75 Å². The molecule has 1 amide bonds. The van der Waals surface area contributed by atoms with Crippen LogP contribution in [0.5, 0.6) is 5.75 Å². The lowest BCUT2D eigenvalue weighted by Gasteiger charge is -2.11. The Morgan fingerprint density at radius 1 is 1.29 bits per heavy atom. The zero-order valence-corrected chi connectivity index (χ0v) is 13.4. The summed E-state index contributed by atoms with van der Waals surface area (Å²) >= 11 is 0. The van der Waals surface area contributed by atoms with Crippen molar-refractivity contribution >= 4 is 5.91 Å². The zero-order chi connectivity index (χ0) is 15.7. The number of ether oxygens (including phenoxy) is 1. The molecule has 0 heterocycles. The van der Waals surface area contributed by atoms with Crippen LogP contribution >= 0.6 is 0 Å². The summed E-state index contributed by atoms with van der Waals surface area (Å²) in [5.41, 5.74) is 6.93. The SMILES string of the molecule is CCCC(N)C(=O)NCCc1ccc(OCC(C)C)cc1. The van der Waals surface area contributed by atoms with E-state index in [0.717, 1.165) is 31.6 Å². The van der Waals surface area contributed by atoms with Crippen molar-refractivity contribution in [2.75, 3.05) is 13.2 Å². The van der Waals surface area contributed by atoms with Gasteiger partial charge >= 0.3 is 0 Å². The molecule has 0 bridgehead atoms. The van der Waals surface area contributed by atoms with Crippen molar-refractivity contribution in [2.45, 2.75) is 46.1 Å². The van der Waals surface area contributed by atoms with E-state index in [0.29, 0.717) is 12.5 Å². The first kappa shape index (κ1) is 17.5. The van der Waals surface area contributed by atoms with Gasteiger partial charge in [-0.25, -0.2) is 0 Å². The second-order valence-electron chi connectivity index (χ2n) is 5.78. The zero-order valence-electron chi connectivity index (χ0n) is 13.4. The van der Waals surface area contributed by atoms with E-state index in [1.165, 1.54) is 5.56 Å². The van der Waals surface area contributed by atoms with Crippen molar-refractivity contribution < 1.29 is 9.53 Å². The van der Waals surface area contributed by atoms with E-state index in [4.69, 9.17) is 10.5 Å². The van der Waals surface area contributed by atoms with E-state index in [9.17, 15) is 4.79 Å². The fourth-order valence-electron chi connectivity index (χ4n) is 1.92. The second-order valence-corrected chi connectivity index (χ2v) is 5.78. The Labute approximate surface area is 128 Å². The largest absolute Gasteiger partial charge is 0.493 e. The predicted molar refractivity (Wildman–Crippen MR) is 86.4 cm³/mol. The lowest BCUT2D eigenvalue weighted by atomic mass is 10.1. The Morgan fingerprint density at radius 3 is 2.52 bits per heavy atom. The quantitative estimate of drug-likeness (QED) is 0.735. The number of nitrogens with two attached hydrogens (primary N) is 1. The van der Waals surface area contributed by atoms with Crippen molar-refractivity contribution in [2.24, 2.45) is 11.7 Å². The van der Waals surface area contributed by atoms with Crippen LogP contribution in [0.15, 0.2) is 24.3 Å². The number of carbonyl (C=O) groups excluding carboxylic acids is 1. The lowest BCUT2D eigenvalue weighted by molar-refractivity contribution is -0.122. The molecule has 1 unspecified atom stereocenters. The molecule has 21 heavy (non-hydrogen) atoms. The van der Waals surface area contributed by atoms with Crippen LogP contribution < -0.4 is 15.8 Å². The van der Waals surface area contributed by atoms with E-state index in [1.807, 2.05) is 31.2 Å². The molecule has 1 atom stereocenters. The minimum atomic E-state index is -0.387. The van der Waals surface area contributed by atoms with Gasteiger partial charge in [-0.15, -0.1) is 0 Å². The summed E-state index contributed by atoms with van der Waals surface area (Å²) < 4.78 is 5.64. The van der Waals surface area contributed by atoms with Crippen LogP contribution in [0, 0.1) is 5.92 Å². The smallest absolute Gasteiger partial charge is 0.236 e. The number of amides is 1. The van der Waals surface area contributed by atoms with Crippen LogP contribution in [0.25, 0.3) is 0 Å². The van der Waals surface area contributed by atoms with Crippen LogP contribution in [0.1, 0.15) is 39.2 Å². The normalized spacial score (nSPS) is 12.2. The minimum absolute atomic E-state index is 0.0614. The van der Waals surface area contributed by atoms with Gasteiger partial charge in [0.25, 0.3) is 0 Å². The summed E-state index contributed by atoms with van der Waals surface area (Å²) in [6.07, 6.45) is 2.45. The van der Waals surface area contributed by atoms with Crippen molar-refractivity contribution in [1.82, 2.24) is 5.32 Å².